The monoisotopic (exact) mass is 431 g/mol. The highest BCUT2D eigenvalue weighted by Crippen LogP contribution is 2.24. The topological polar surface area (TPSA) is 96.5 Å². The molecule has 0 radical (unpaired) electrons. The molecule has 0 aromatic heterocycles. The summed E-state index contributed by atoms with van der Waals surface area (Å²) in [4.78, 5) is 12.3. The predicted molar refractivity (Wildman–Crippen MR) is 114 cm³/mol. The van der Waals surface area contributed by atoms with Gasteiger partial charge in [0.15, 0.2) is 0 Å². The van der Waals surface area contributed by atoms with Crippen molar-refractivity contribution in [2.45, 2.75) is 4.90 Å². The van der Waals surface area contributed by atoms with Crippen molar-refractivity contribution in [2.24, 2.45) is 0 Å². The third-order valence-corrected chi connectivity index (χ3v) is 5.45. The molecule has 0 heterocycles. The zero-order chi connectivity index (χ0) is 20.9. The van der Waals surface area contributed by atoms with Crippen LogP contribution in [0.3, 0.4) is 0 Å². The smallest absolute Gasteiger partial charge is 0.323 e. The number of hydrogen-bond donors (Lipinski definition) is 3. The van der Waals surface area contributed by atoms with Gasteiger partial charge in [0.1, 0.15) is 5.75 Å². The van der Waals surface area contributed by atoms with E-state index in [1.54, 1.807) is 48.5 Å². The van der Waals surface area contributed by atoms with Crippen molar-refractivity contribution >= 4 is 44.7 Å². The minimum absolute atomic E-state index is 0.00688. The van der Waals surface area contributed by atoms with E-state index in [0.717, 1.165) is 0 Å². The first-order valence-corrected chi connectivity index (χ1v) is 10.3. The number of nitrogens with one attached hydrogen (secondary N) is 3. The van der Waals surface area contributed by atoms with E-state index in [0.29, 0.717) is 27.8 Å². The molecule has 0 saturated carbocycles. The summed E-state index contributed by atoms with van der Waals surface area (Å²) in [6.07, 6.45) is 0. The predicted octanol–water partition coefficient (Wildman–Crippen LogP) is 4.79. The zero-order valence-corrected chi connectivity index (χ0v) is 16.9. The van der Waals surface area contributed by atoms with E-state index in [2.05, 4.69) is 15.4 Å². The third kappa shape index (κ3) is 5.40. The molecule has 150 valence electrons. The maximum atomic E-state index is 12.6. The lowest BCUT2D eigenvalue weighted by atomic mass is 10.3. The number of amides is 2. The summed E-state index contributed by atoms with van der Waals surface area (Å²) in [5, 5.41) is 5.68. The van der Waals surface area contributed by atoms with Crippen LogP contribution >= 0.6 is 11.6 Å². The van der Waals surface area contributed by atoms with E-state index >= 15 is 0 Å². The van der Waals surface area contributed by atoms with Gasteiger partial charge in [0, 0.05) is 10.7 Å². The molecule has 2 amide bonds. The fraction of sp³-hybridized carbons (Fsp3) is 0.0500. The van der Waals surface area contributed by atoms with Crippen LogP contribution in [-0.4, -0.2) is 21.6 Å². The van der Waals surface area contributed by atoms with Crippen LogP contribution in [0.1, 0.15) is 0 Å². The molecule has 0 fully saturated rings. The fourth-order valence-electron chi connectivity index (χ4n) is 2.54. The second-order valence-corrected chi connectivity index (χ2v) is 8.04. The molecule has 0 saturated heterocycles. The average molecular weight is 432 g/mol. The van der Waals surface area contributed by atoms with E-state index in [1.165, 1.54) is 31.4 Å². The lowest BCUT2D eigenvalue weighted by Crippen LogP contribution is -2.20. The first kappa shape index (κ1) is 20.5. The van der Waals surface area contributed by atoms with Crippen molar-refractivity contribution < 1.29 is 17.9 Å². The SMILES string of the molecule is COc1ccccc1NC(=O)Nc1cccc(S(=O)(=O)Nc2cccc(Cl)c2)c1. The van der Waals surface area contributed by atoms with Crippen molar-refractivity contribution in [1.29, 1.82) is 0 Å². The zero-order valence-electron chi connectivity index (χ0n) is 15.3. The minimum atomic E-state index is -3.86. The van der Waals surface area contributed by atoms with Gasteiger partial charge in [-0.1, -0.05) is 35.9 Å². The summed E-state index contributed by atoms with van der Waals surface area (Å²) in [7, 11) is -2.36. The number of methoxy groups -OCH3 is 1. The molecular weight excluding hydrogens is 414 g/mol. The van der Waals surface area contributed by atoms with Crippen LogP contribution in [0.15, 0.2) is 77.7 Å². The average Bonchev–Trinajstić information content (AvgIpc) is 2.68. The number of sulfonamides is 1. The Hall–Kier alpha value is -3.23. The molecule has 0 aliphatic heterocycles. The van der Waals surface area contributed by atoms with Crippen LogP contribution in [0.25, 0.3) is 0 Å². The molecule has 29 heavy (non-hydrogen) atoms. The van der Waals surface area contributed by atoms with Crippen molar-refractivity contribution in [3.8, 4) is 5.75 Å². The summed E-state index contributed by atoms with van der Waals surface area (Å²) < 4.78 is 32.9. The van der Waals surface area contributed by atoms with Gasteiger partial charge in [-0.05, 0) is 48.5 Å². The van der Waals surface area contributed by atoms with Crippen LogP contribution in [0.5, 0.6) is 5.75 Å². The molecule has 0 aliphatic carbocycles. The largest absolute Gasteiger partial charge is 0.495 e. The Labute approximate surface area is 173 Å². The molecule has 0 atom stereocenters. The summed E-state index contributed by atoms with van der Waals surface area (Å²) >= 11 is 5.89. The van der Waals surface area contributed by atoms with Gasteiger partial charge >= 0.3 is 6.03 Å². The molecule has 0 spiro atoms. The van der Waals surface area contributed by atoms with Crippen molar-refractivity contribution in [1.82, 2.24) is 0 Å². The number of halogens is 1. The third-order valence-electron chi connectivity index (χ3n) is 3.83. The van der Waals surface area contributed by atoms with Crippen molar-refractivity contribution in [3.63, 3.8) is 0 Å². The first-order chi connectivity index (χ1) is 13.9. The number of para-hydroxylation sites is 2. The molecule has 7 nitrogen and oxygen atoms in total. The second kappa shape index (κ2) is 8.85. The van der Waals surface area contributed by atoms with Gasteiger partial charge in [-0.25, -0.2) is 13.2 Å². The van der Waals surface area contributed by atoms with Crippen molar-refractivity contribution in [3.05, 3.63) is 77.8 Å². The molecule has 3 aromatic rings. The Kier molecular flexibility index (Phi) is 6.26. The fourth-order valence-corrected chi connectivity index (χ4v) is 3.82. The van der Waals surface area contributed by atoms with Crippen LogP contribution < -0.4 is 20.1 Å². The number of benzene rings is 3. The van der Waals surface area contributed by atoms with E-state index in [9.17, 15) is 13.2 Å². The van der Waals surface area contributed by atoms with Gasteiger partial charge in [-0.3, -0.25) is 4.72 Å². The van der Waals surface area contributed by atoms with E-state index < -0.39 is 16.1 Å². The van der Waals surface area contributed by atoms with Gasteiger partial charge in [-0.15, -0.1) is 0 Å². The Morgan fingerprint density at radius 3 is 2.38 bits per heavy atom. The number of carbonyl (C=O) groups is 1. The molecule has 3 aromatic carbocycles. The summed E-state index contributed by atoms with van der Waals surface area (Å²) in [5.74, 6) is 0.504. The number of rotatable bonds is 6. The first-order valence-electron chi connectivity index (χ1n) is 8.47. The highest BCUT2D eigenvalue weighted by molar-refractivity contribution is 7.92. The molecule has 3 rings (SSSR count). The second-order valence-electron chi connectivity index (χ2n) is 5.92. The van der Waals surface area contributed by atoms with E-state index in [-0.39, 0.29) is 4.90 Å². The van der Waals surface area contributed by atoms with Gasteiger partial charge in [0.05, 0.1) is 23.4 Å². The standard InChI is InChI=1S/C20H18ClN3O4S/c1-28-19-11-3-2-10-18(19)23-20(25)22-15-7-5-9-17(13-15)29(26,27)24-16-8-4-6-14(21)12-16/h2-13,24H,1H3,(H2,22,23,25). The van der Waals surface area contributed by atoms with Crippen LogP contribution in [0.4, 0.5) is 21.9 Å². The highest BCUT2D eigenvalue weighted by atomic mass is 35.5. The van der Waals surface area contributed by atoms with Gasteiger partial charge in [-0.2, -0.15) is 0 Å². The normalized spacial score (nSPS) is 10.8. The summed E-state index contributed by atoms with van der Waals surface area (Å²) in [6.45, 7) is 0. The summed E-state index contributed by atoms with van der Waals surface area (Å²) in [6, 6.07) is 18.7. The number of carbonyl (C=O) groups excluding carboxylic acids is 1. The van der Waals surface area contributed by atoms with E-state index in [1.807, 2.05) is 0 Å². The van der Waals surface area contributed by atoms with Gasteiger partial charge < -0.3 is 15.4 Å². The Morgan fingerprint density at radius 1 is 0.897 bits per heavy atom. The van der Waals surface area contributed by atoms with Crippen molar-refractivity contribution in [2.75, 3.05) is 22.5 Å². The molecule has 3 N–H and O–H groups in total. The quantitative estimate of drug-likeness (QED) is 0.522. The lowest BCUT2D eigenvalue weighted by molar-refractivity contribution is 0.262. The molecule has 0 unspecified atom stereocenters. The van der Waals surface area contributed by atoms with E-state index in [4.69, 9.17) is 16.3 Å². The molecular formula is C20H18ClN3O4S. The van der Waals surface area contributed by atoms with Crippen LogP contribution in [0, 0.1) is 0 Å². The Morgan fingerprint density at radius 2 is 1.62 bits per heavy atom. The maximum Gasteiger partial charge on any atom is 0.323 e. The lowest BCUT2D eigenvalue weighted by Gasteiger charge is -2.12. The molecule has 0 aliphatic rings. The number of urea groups is 1. The highest BCUT2D eigenvalue weighted by Gasteiger charge is 2.16. The van der Waals surface area contributed by atoms with Gasteiger partial charge in [0.2, 0.25) is 0 Å². The number of ether oxygens (including phenoxy) is 1. The Balaban J connectivity index is 1.74. The number of hydrogen-bond acceptors (Lipinski definition) is 4. The van der Waals surface area contributed by atoms with Gasteiger partial charge in [0.25, 0.3) is 10.0 Å². The van der Waals surface area contributed by atoms with Crippen LogP contribution in [-0.2, 0) is 10.0 Å². The molecule has 0 bridgehead atoms. The molecule has 9 heteroatoms. The Bertz CT molecular complexity index is 1140. The minimum Gasteiger partial charge on any atom is -0.495 e. The summed E-state index contributed by atoms with van der Waals surface area (Å²) in [5.41, 5.74) is 1.13. The number of anilines is 3. The maximum absolute atomic E-state index is 12.6. The van der Waals surface area contributed by atoms with Crippen LogP contribution in [0.2, 0.25) is 5.02 Å².